The molecule has 0 radical (unpaired) electrons. The fourth-order valence-electron chi connectivity index (χ4n) is 3.01. The number of nitrogens with zero attached hydrogens (tertiary/aromatic N) is 4. The predicted molar refractivity (Wildman–Crippen MR) is 105 cm³/mol. The highest BCUT2D eigenvalue weighted by molar-refractivity contribution is 8.00. The van der Waals surface area contributed by atoms with Gasteiger partial charge >= 0.3 is 0 Å². The van der Waals surface area contributed by atoms with Crippen molar-refractivity contribution in [3.8, 4) is 11.4 Å². The van der Waals surface area contributed by atoms with Crippen LogP contribution in [0.5, 0.6) is 0 Å². The van der Waals surface area contributed by atoms with Gasteiger partial charge in [-0.05, 0) is 20.3 Å². The molecule has 1 aromatic carbocycles. The Kier molecular flexibility index (Phi) is 5.48. The molecule has 1 saturated heterocycles. The number of sulfone groups is 1. The Labute approximate surface area is 163 Å². The van der Waals surface area contributed by atoms with E-state index in [2.05, 4.69) is 10.2 Å². The van der Waals surface area contributed by atoms with Gasteiger partial charge in [-0.2, -0.15) is 0 Å². The maximum absolute atomic E-state index is 12.7. The zero-order valence-electron chi connectivity index (χ0n) is 15.5. The van der Waals surface area contributed by atoms with E-state index >= 15 is 0 Å². The number of hydrogen-bond acceptors (Lipinski definition) is 7. The largest absolute Gasteiger partial charge is 0.341 e. The lowest BCUT2D eigenvalue weighted by Gasteiger charge is -2.26. The van der Waals surface area contributed by atoms with Gasteiger partial charge in [0.25, 0.3) is 0 Å². The van der Waals surface area contributed by atoms with E-state index in [1.807, 2.05) is 31.2 Å². The van der Waals surface area contributed by atoms with Crippen LogP contribution in [-0.2, 0) is 14.6 Å². The number of carbonyl (C=O) groups excluding carboxylic acids is 1. The second kappa shape index (κ2) is 7.51. The molecule has 2 aromatic rings. The highest BCUT2D eigenvalue weighted by Gasteiger charge is 2.34. The molecule has 2 N–H and O–H groups in total. The smallest absolute Gasteiger partial charge is 0.235 e. The first kappa shape index (κ1) is 19.7. The fourth-order valence-corrected chi connectivity index (χ4v) is 5.66. The number of amides is 1. The average Bonchev–Trinajstić information content (AvgIpc) is 3.17. The number of nitrogens with two attached hydrogens (primary N) is 1. The number of nitrogen functional groups attached to an aromatic ring is 1. The van der Waals surface area contributed by atoms with E-state index in [1.165, 1.54) is 21.3 Å². The highest BCUT2D eigenvalue weighted by atomic mass is 32.2. The first-order chi connectivity index (χ1) is 12.7. The molecule has 1 fully saturated rings. The predicted octanol–water partition coefficient (Wildman–Crippen LogP) is 1.09. The summed E-state index contributed by atoms with van der Waals surface area (Å²) in [6.07, 6.45) is 0.479. The van der Waals surface area contributed by atoms with Crippen LogP contribution in [0.2, 0.25) is 0 Å². The maximum Gasteiger partial charge on any atom is 0.235 e. The molecule has 1 amide bonds. The molecule has 1 aliphatic heterocycles. The van der Waals surface area contributed by atoms with E-state index in [-0.39, 0.29) is 23.5 Å². The van der Waals surface area contributed by atoms with Crippen molar-refractivity contribution in [2.24, 2.45) is 0 Å². The second-order valence-corrected chi connectivity index (χ2v) is 10.3. The van der Waals surface area contributed by atoms with Gasteiger partial charge in [0.15, 0.2) is 15.7 Å². The zero-order valence-corrected chi connectivity index (χ0v) is 17.1. The Hall–Kier alpha value is -2.07. The summed E-state index contributed by atoms with van der Waals surface area (Å²) in [5.41, 5.74) is 1.97. The van der Waals surface area contributed by atoms with Crippen molar-refractivity contribution < 1.29 is 13.2 Å². The maximum atomic E-state index is 12.7. The minimum absolute atomic E-state index is 0.0251. The molecule has 1 aliphatic rings. The van der Waals surface area contributed by atoms with Gasteiger partial charge in [0, 0.05) is 18.7 Å². The summed E-state index contributed by atoms with van der Waals surface area (Å²) in [7, 11) is -1.39. The van der Waals surface area contributed by atoms with Crippen molar-refractivity contribution in [3.63, 3.8) is 0 Å². The SMILES string of the molecule is Cc1ccc(-c2nnc(S[C@H](C)C(=O)N(C)[C@@H]3CCS(=O)(=O)C3)n2N)cc1. The highest BCUT2D eigenvalue weighted by Crippen LogP contribution is 2.27. The van der Waals surface area contributed by atoms with Crippen LogP contribution in [-0.4, -0.2) is 63.9 Å². The third-order valence-electron chi connectivity index (χ3n) is 4.71. The zero-order chi connectivity index (χ0) is 19.8. The van der Waals surface area contributed by atoms with Crippen LogP contribution in [0.15, 0.2) is 29.4 Å². The third-order valence-corrected chi connectivity index (χ3v) is 7.50. The number of hydrogen-bond donors (Lipinski definition) is 1. The molecule has 0 aliphatic carbocycles. The minimum atomic E-state index is -3.04. The molecule has 0 unspecified atom stereocenters. The van der Waals surface area contributed by atoms with E-state index in [1.54, 1.807) is 14.0 Å². The lowest BCUT2D eigenvalue weighted by molar-refractivity contribution is -0.130. The average molecular weight is 410 g/mol. The molecule has 27 heavy (non-hydrogen) atoms. The van der Waals surface area contributed by atoms with Gasteiger partial charge in [-0.3, -0.25) is 4.79 Å². The summed E-state index contributed by atoms with van der Waals surface area (Å²) in [6, 6.07) is 7.49. The van der Waals surface area contributed by atoms with Crippen molar-refractivity contribution in [2.75, 3.05) is 24.4 Å². The van der Waals surface area contributed by atoms with Gasteiger partial charge in [-0.1, -0.05) is 41.6 Å². The summed E-state index contributed by atoms with van der Waals surface area (Å²) < 4.78 is 24.7. The minimum Gasteiger partial charge on any atom is -0.341 e. The number of carbonyl (C=O) groups is 1. The van der Waals surface area contributed by atoms with Gasteiger partial charge in [-0.15, -0.1) is 10.2 Å². The van der Waals surface area contributed by atoms with Crippen molar-refractivity contribution in [1.82, 2.24) is 19.8 Å². The number of thioether (sulfide) groups is 1. The standard InChI is InChI=1S/C17H23N5O3S2/c1-11-4-6-13(7-5-11)15-19-20-17(22(15)18)26-12(2)16(23)21(3)14-8-9-27(24,25)10-14/h4-7,12,14H,8-10,18H2,1-3H3/t12-,14-/m1/s1. The van der Waals surface area contributed by atoms with Gasteiger partial charge in [0.2, 0.25) is 11.1 Å². The van der Waals surface area contributed by atoms with Crippen LogP contribution >= 0.6 is 11.8 Å². The van der Waals surface area contributed by atoms with Crippen LogP contribution in [0, 0.1) is 6.92 Å². The molecule has 10 heteroatoms. The number of rotatable bonds is 5. The Balaban J connectivity index is 1.70. The molecule has 146 valence electrons. The Morgan fingerprint density at radius 1 is 1.33 bits per heavy atom. The van der Waals surface area contributed by atoms with E-state index < -0.39 is 15.1 Å². The van der Waals surface area contributed by atoms with Crippen molar-refractivity contribution in [1.29, 1.82) is 0 Å². The summed E-state index contributed by atoms with van der Waals surface area (Å²) in [5.74, 6) is 6.65. The molecule has 0 saturated carbocycles. The second-order valence-electron chi connectivity index (χ2n) is 6.81. The first-order valence-corrected chi connectivity index (χ1v) is 11.3. The van der Waals surface area contributed by atoms with Crippen LogP contribution in [0.3, 0.4) is 0 Å². The monoisotopic (exact) mass is 409 g/mol. The van der Waals surface area contributed by atoms with Crippen LogP contribution in [0.1, 0.15) is 18.9 Å². The molecule has 0 spiro atoms. The molecule has 2 atom stereocenters. The number of aromatic nitrogens is 3. The van der Waals surface area contributed by atoms with E-state index in [4.69, 9.17) is 5.84 Å². The number of benzene rings is 1. The quantitative estimate of drug-likeness (QED) is 0.581. The molecule has 0 bridgehead atoms. The van der Waals surface area contributed by atoms with Gasteiger partial charge in [-0.25, -0.2) is 13.1 Å². The lowest BCUT2D eigenvalue weighted by atomic mass is 10.1. The fraction of sp³-hybridized carbons (Fsp3) is 0.471. The molecule has 8 nitrogen and oxygen atoms in total. The van der Waals surface area contributed by atoms with E-state index in [9.17, 15) is 13.2 Å². The summed E-state index contributed by atoms with van der Waals surface area (Å²) >= 11 is 1.21. The molecule has 2 heterocycles. The van der Waals surface area contributed by atoms with Crippen molar-refractivity contribution in [3.05, 3.63) is 29.8 Å². The van der Waals surface area contributed by atoms with Crippen LogP contribution in [0.25, 0.3) is 11.4 Å². The molecular formula is C17H23N5O3S2. The van der Waals surface area contributed by atoms with Crippen LogP contribution in [0.4, 0.5) is 0 Å². The first-order valence-electron chi connectivity index (χ1n) is 8.59. The van der Waals surface area contributed by atoms with Gasteiger partial charge < -0.3 is 10.7 Å². The summed E-state index contributed by atoms with van der Waals surface area (Å²) in [5, 5.41) is 8.20. The summed E-state index contributed by atoms with van der Waals surface area (Å²) in [6.45, 7) is 3.75. The Morgan fingerprint density at radius 2 is 2.00 bits per heavy atom. The van der Waals surface area contributed by atoms with Crippen molar-refractivity contribution >= 4 is 27.5 Å². The van der Waals surface area contributed by atoms with E-state index in [0.29, 0.717) is 17.4 Å². The topological polar surface area (TPSA) is 111 Å². The Bertz CT molecular complexity index is 940. The lowest BCUT2D eigenvalue weighted by Crippen LogP contribution is -2.41. The summed E-state index contributed by atoms with van der Waals surface area (Å²) in [4.78, 5) is 14.2. The van der Waals surface area contributed by atoms with Gasteiger partial charge in [0.05, 0.1) is 16.8 Å². The van der Waals surface area contributed by atoms with Gasteiger partial charge in [0.1, 0.15) is 0 Å². The molecule has 3 rings (SSSR count). The molecular weight excluding hydrogens is 386 g/mol. The molecule has 1 aromatic heterocycles. The Morgan fingerprint density at radius 3 is 2.59 bits per heavy atom. The third kappa shape index (κ3) is 4.27. The normalized spacial score (nSPS) is 19.7. The van der Waals surface area contributed by atoms with Crippen LogP contribution < -0.4 is 5.84 Å². The van der Waals surface area contributed by atoms with Crippen molar-refractivity contribution in [2.45, 2.75) is 36.7 Å². The number of aryl methyl sites for hydroxylation is 1. The van der Waals surface area contributed by atoms with E-state index in [0.717, 1.165) is 11.1 Å².